The topological polar surface area (TPSA) is 74.8 Å². The highest BCUT2D eigenvalue weighted by atomic mass is 16.2. The molecule has 2 aromatic heterocycles. The first-order chi connectivity index (χ1) is 12.3. The molecule has 0 radical (unpaired) electrons. The Balaban J connectivity index is 1.30. The fourth-order valence-electron chi connectivity index (χ4n) is 4.11. The molecule has 0 spiro atoms. The van der Waals surface area contributed by atoms with Crippen LogP contribution in [0, 0.1) is 11.8 Å². The summed E-state index contributed by atoms with van der Waals surface area (Å²) in [4.78, 5) is 23.1. The van der Waals surface area contributed by atoms with Gasteiger partial charge in [-0.2, -0.15) is 5.10 Å². The van der Waals surface area contributed by atoms with E-state index in [4.69, 9.17) is 0 Å². The third kappa shape index (κ3) is 3.89. The van der Waals surface area contributed by atoms with Gasteiger partial charge in [-0.3, -0.25) is 14.9 Å². The Morgan fingerprint density at radius 1 is 1.16 bits per heavy atom. The second-order valence-corrected chi connectivity index (χ2v) is 7.39. The Hall–Kier alpha value is -2.24. The van der Waals surface area contributed by atoms with Crippen molar-refractivity contribution in [1.82, 2.24) is 25.1 Å². The highest BCUT2D eigenvalue weighted by molar-refractivity contribution is 5.76. The minimum absolute atomic E-state index is 0.351. The SMILES string of the molecule is O=C(CC1CCCC1)N1CCC(Cc2nc(-c3ccncc3)n[nH]2)C1. The van der Waals surface area contributed by atoms with Crippen LogP contribution in [-0.4, -0.2) is 44.1 Å². The molecule has 4 rings (SSSR count). The van der Waals surface area contributed by atoms with Crippen molar-refractivity contribution < 1.29 is 4.79 Å². The molecule has 6 nitrogen and oxygen atoms in total. The molecule has 1 unspecified atom stereocenters. The smallest absolute Gasteiger partial charge is 0.222 e. The van der Waals surface area contributed by atoms with E-state index in [1.165, 1.54) is 25.7 Å². The Labute approximate surface area is 148 Å². The molecule has 1 saturated carbocycles. The van der Waals surface area contributed by atoms with Crippen molar-refractivity contribution in [1.29, 1.82) is 0 Å². The van der Waals surface area contributed by atoms with Crippen LogP contribution in [-0.2, 0) is 11.2 Å². The van der Waals surface area contributed by atoms with Crippen molar-refractivity contribution in [2.45, 2.75) is 44.9 Å². The Bertz CT molecular complexity index is 708. The highest BCUT2D eigenvalue weighted by Crippen LogP contribution is 2.29. The standard InChI is InChI=1S/C19H25N5O/c25-18(12-14-3-1-2-4-14)24-10-7-15(13-24)11-17-21-19(23-22-17)16-5-8-20-9-6-16/h5-6,8-9,14-15H,1-4,7,10-13H2,(H,21,22,23). The van der Waals surface area contributed by atoms with Gasteiger partial charge in [0.05, 0.1) is 0 Å². The van der Waals surface area contributed by atoms with Crippen LogP contribution in [0.25, 0.3) is 11.4 Å². The normalized spacial score (nSPS) is 21.1. The lowest BCUT2D eigenvalue weighted by Gasteiger charge is -2.18. The van der Waals surface area contributed by atoms with Crippen LogP contribution >= 0.6 is 0 Å². The summed E-state index contributed by atoms with van der Waals surface area (Å²) < 4.78 is 0. The zero-order valence-corrected chi connectivity index (χ0v) is 14.5. The molecule has 1 atom stereocenters. The Morgan fingerprint density at radius 3 is 2.76 bits per heavy atom. The van der Waals surface area contributed by atoms with E-state index in [9.17, 15) is 4.79 Å². The second kappa shape index (κ2) is 7.33. The third-order valence-corrected chi connectivity index (χ3v) is 5.53. The van der Waals surface area contributed by atoms with E-state index in [0.717, 1.165) is 43.7 Å². The number of amides is 1. The van der Waals surface area contributed by atoms with E-state index in [-0.39, 0.29) is 0 Å². The summed E-state index contributed by atoms with van der Waals surface area (Å²) in [7, 11) is 0. The molecule has 25 heavy (non-hydrogen) atoms. The lowest BCUT2D eigenvalue weighted by molar-refractivity contribution is -0.131. The number of carbonyl (C=O) groups excluding carboxylic acids is 1. The van der Waals surface area contributed by atoms with Crippen LogP contribution in [0.15, 0.2) is 24.5 Å². The quantitative estimate of drug-likeness (QED) is 0.909. The number of hydrogen-bond acceptors (Lipinski definition) is 4. The van der Waals surface area contributed by atoms with Crippen LogP contribution in [0.1, 0.15) is 44.3 Å². The number of aromatic nitrogens is 4. The first-order valence-electron chi connectivity index (χ1n) is 9.37. The molecule has 2 fully saturated rings. The highest BCUT2D eigenvalue weighted by Gasteiger charge is 2.29. The van der Waals surface area contributed by atoms with Crippen molar-refractivity contribution in [3.8, 4) is 11.4 Å². The molecule has 1 aliphatic carbocycles. The van der Waals surface area contributed by atoms with Gasteiger partial charge < -0.3 is 4.90 Å². The van der Waals surface area contributed by atoms with Crippen molar-refractivity contribution in [3.63, 3.8) is 0 Å². The number of H-pyrrole nitrogens is 1. The summed E-state index contributed by atoms with van der Waals surface area (Å²) >= 11 is 0. The lowest BCUT2D eigenvalue weighted by atomic mass is 10.0. The van der Waals surface area contributed by atoms with Crippen molar-refractivity contribution >= 4 is 5.91 Å². The molecule has 1 amide bonds. The van der Waals surface area contributed by atoms with Gasteiger partial charge in [-0.1, -0.05) is 12.8 Å². The zero-order chi connectivity index (χ0) is 17.1. The molecular formula is C19H25N5O. The van der Waals surface area contributed by atoms with E-state index < -0.39 is 0 Å². The maximum absolute atomic E-state index is 12.5. The maximum Gasteiger partial charge on any atom is 0.222 e. The number of aromatic amines is 1. The van der Waals surface area contributed by atoms with Crippen molar-refractivity contribution in [2.75, 3.05) is 13.1 Å². The minimum atomic E-state index is 0.351. The van der Waals surface area contributed by atoms with Crippen LogP contribution in [0.4, 0.5) is 0 Å². The van der Waals surface area contributed by atoms with Crippen molar-refractivity contribution in [2.24, 2.45) is 11.8 Å². The molecule has 0 bridgehead atoms. The monoisotopic (exact) mass is 339 g/mol. The number of carbonyl (C=O) groups is 1. The van der Waals surface area contributed by atoms with E-state index in [2.05, 4.69) is 25.1 Å². The number of pyridine rings is 1. The largest absolute Gasteiger partial charge is 0.342 e. The molecule has 1 saturated heterocycles. The number of likely N-dealkylation sites (tertiary alicyclic amines) is 1. The average Bonchev–Trinajstić information content (AvgIpc) is 3.38. The Morgan fingerprint density at radius 2 is 1.96 bits per heavy atom. The van der Waals surface area contributed by atoms with Crippen molar-refractivity contribution in [3.05, 3.63) is 30.4 Å². The summed E-state index contributed by atoms with van der Waals surface area (Å²) in [5, 5.41) is 7.36. The van der Waals surface area contributed by atoms with E-state index in [1.807, 2.05) is 12.1 Å². The summed E-state index contributed by atoms with van der Waals surface area (Å²) in [6, 6.07) is 3.82. The molecule has 132 valence electrons. The zero-order valence-electron chi connectivity index (χ0n) is 14.5. The van der Waals surface area contributed by atoms with Crippen LogP contribution in [0.2, 0.25) is 0 Å². The van der Waals surface area contributed by atoms with E-state index >= 15 is 0 Å². The van der Waals surface area contributed by atoms with E-state index in [0.29, 0.717) is 23.6 Å². The molecular weight excluding hydrogens is 314 g/mol. The van der Waals surface area contributed by atoms with Crippen LogP contribution < -0.4 is 0 Å². The van der Waals surface area contributed by atoms with Crippen LogP contribution in [0.5, 0.6) is 0 Å². The average molecular weight is 339 g/mol. The number of hydrogen-bond donors (Lipinski definition) is 1. The van der Waals surface area contributed by atoms with Gasteiger partial charge in [0.25, 0.3) is 0 Å². The second-order valence-electron chi connectivity index (χ2n) is 7.39. The van der Waals surface area contributed by atoms with Gasteiger partial charge in [-0.25, -0.2) is 4.98 Å². The van der Waals surface area contributed by atoms with Gasteiger partial charge in [0.2, 0.25) is 5.91 Å². The molecule has 6 heteroatoms. The van der Waals surface area contributed by atoms with Gasteiger partial charge in [0.15, 0.2) is 5.82 Å². The summed E-state index contributed by atoms with van der Waals surface area (Å²) in [6.07, 6.45) is 11.2. The molecule has 1 N–H and O–H groups in total. The van der Waals surface area contributed by atoms with Gasteiger partial charge in [-0.15, -0.1) is 0 Å². The Kier molecular flexibility index (Phi) is 4.76. The number of nitrogens with one attached hydrogen (secondary N) is 1. The minimum Gasteiger partial charge on any atom is -0.342 e. The molecule has 2 aliphatic rings. The fraction of sp³-hybridized carbons (Fsp3) is 0.579. The maximum atomic E-state index is 12.5. The van der Waals surface area contributed by atoms with Gasteiger partial charge in [0.1, 0.15) is 5.82 Å². The molecule has 1 aliphatic heterocycles. The predicted octanol–water partition coefficient (Wildman–Crippen LogP) is 2.84. The number of nitrogens with zero attached hydrogens (tertiary/aromatic N) is 4. The third-order valence-electron chi connectivity index (χ3n) is 5.53. The van der Waals surface area contributed by atoms with Gasteiger partial charge in [0, 0.05) is 43.9 Å². The first-order valence-corrected chi connectivity index (χ1v) is 9.37. The summed E-state index contributed by atoms with van der Waals surface area (Å²) in [5.41, 5.74) is 0.970. The fourth-order valence-corrected chi connectivity index (χ4v) is 4.11. The van der Waals surface area contributed by atoms with Gasteiger partial charge in [-0.05, 0) is 43.2 Å². The number of rotatable bonds is 5. The van der Waals surface area contributed by atoms with E-state index in [1.54, 1.807) is 12.4 Å². The van der Waals surface area contributed by atoms with Crippen LogP contribution in [0.3, 0.4) is 0 Å². The first kappa shape index (κ1) is 16.2. The summed E-state index contributed by atoms with van der Waals surface area (Å²) in [6.45, 7) is 1.75. The summed E-state index contributed by atoms with van der Waals surface area (Å²) in [5.74, 6) is 3.07. The lowest BCUT2D eigenvalue weighted by Crippen LogP contribution is -2.30. The molecule has 3 heterocycles. The van der Waals surface area contributed by atoms with Gasteiger partial charge >= 0.3 is 0 Å². The molecule has 0 aromatic carbocycles. The molecule has 2 aromatic rings. The predicted molar refractivity (Wildman–Crippen MR) is 94.6 cm³/mol.